The van der Waals surface area contributed by atoms with Crippen LogP contribution in [0.4, 0.5) is 0 Å². The van der Waals surface area contributed by atoms with Crippen LogP contribution in [0.5, 0.6) is 0 Å². The second-order valence-corrected chi connectivity index (χ2v) is 3.50. The van der Waals surface area contributed by atoms with Crippen LogP contribution in [0.25, 0.3) is 0 Å². The first-order valence-electron chi connectivity index (χ1n) is 4.81. The van der Waals surface area contributed by atoms with E-state index in [1.165, 1.54) is 0 Å². The topological polar surface area (TPSA) is 32.0 Å². The summed E-state index contributed by atoms with van der Waals surface area (Å²) in [5, 5.41) is 8.81. The summed E-state index contributed by atoms with van der Waals surface area (Å²) >= 11 is 0. The molecule has 1 aliphatic heterocycles. The van der Waals surface area contributed by atoms with Crippen molar-refractivity contribution in [2.24, 2.45) is 0 Å². The number of aromatic nitrogens is 1. The first kappa shape index (κ1) is 8.89. The Kier molecular flexibility index (Phi) is 2.28. The van der Waals surface area contributed by atoms with Crippen molar-refractivity contribution in [3.05, 3.63) is 36.8 Å². The fourth-order valence-electron chi connectivity index (χ4n) is 1.98. The van der Waals surface area contributed by atoms with E-state index in [9.17, 15) is 0 Å². The van der Waals surface area contributed by atoms with Crippen LogP contribution in [0.2, 0.25) is 0 Å². The van der Waals surface area contributed by atoms with E-state index in [2.05, 4.69) is 22.1 Å². The molecule has 3 heteroatoms. The first-order chi connectivity index (χ1) is 6.83. The summed E-state index contributed by atoms with van der Waals surface area (Å²) in [6.07, 6.45) is 6.58. The van der Waals surface area contributed by atoms with Crippen LogP contribution in [0.3, 0.4) is 0 Å². The smallest absolute Gasteiger partial charge is 0.117 e. The average molecular weight is 187 g/mol. The standard InChI is InChI=1S/C11H13N3/c1-10(9-12)14-8-4-5-11(14)13-6-2-3-7-13/h2-3,6-7,11H,1,4-5,8H2. The number of allylic oxidation sites excluding steroid dienone is 1. The van der Waals surface area contributed by atoms with Gasteiger partial charge in [0.25, 0.3) is 0 Å². The summed E-state index contributed by atoms with van der Waals surface area (Å²) in [4.78, 5) is 2.07. The Hall–Kier alpha value is -1.69. The van der Waals surface area contributed by atoms with Crippen molar-refractivity contribution in [3.63, 3.8) is 0 Å². The van der Waals surface area contributed by atoms with E-state index < -0.39 is 0 Å². The molecule has 14 heavy (non-hydrogen) atoms. The zero-order chi connectivity index (χ0) is 9.97. The lowest BCUT2D eigenvalue weighted by atomic mass is 10.3. The molecule has 1 atom stereocenters. The zero-order valence-corrected chi connectivity index (χ0v) is 8.06. The third-order valence-electron chi connectivity index (χ3n) is 2.67. The van der Waals surface area contributed by atoms with E-state index in [0.29, 0.717) is 5.70 Å². The van der Waals surface area contributed by atoms with E-state index in [1.54, 1.807) is 0 Å². The second-order valence-electron chi connectivity index (χ2n) is 3.50. The average Bonchev–Trinajstić information content (AvgIpc) is 2.85. The molecule has 0 N–H and O–H groups in total. The normalized spacial score (nSPS) is 20.8. The number of hydrogen-bond acceptors (Lipinski definition) is 2. The third-order valence-corrected chi connectivity index (χ3v) is 2.67. The van der Waals surface area contributed by atoms with Gasteiger partial charge in [0.2, 0.25) is 0 Å². The van der Waals surface area contributed by atoms with Gasteiger partial charge in [-0.05, 0) is 25.0 Å². The molecule has 1 aromatic heterocycles. The Balaban J connectivity index is 2.20. The summed E-state index contributed by atoms with van der Waals surface area (Å²) in [7, 11) is 0. The van der Waals surface area contributed by atoms with E-state index in [1.807, 2.05) is 24.5 Å². The maximum absolute atomic E-state index is 8.81. The molecule has 0 spiro atoms. The predicted octanol–water partition coefficient (Wildman–Crippen LogP) is 2.12. The molecule has 3 nitrogen and oxygen atoms in total. The van der Waals surface area contributed by atoms with Crippen LogP contribution in [-0.2, 0) is 0 Å². The number of rotatable bonds is 2. The van der Waals surface area contributed by atoms with Crippen LogP contribution < -0.4 is 0 Å². The molecule has 1 unspecified atom stereocenters. The maximum Gasteiger partial charge on any atom is 0.117 e. The quantitative estimate of drug-likeness (QED) is 0.664. The van der Waals surface area contributed by atoms with Crippen LogP contribution in [0.15, 0.2) is 36.8 Å². The van der Waals surface area contributed by atoms with Crippen LogP contribution >= 0.6 is 0 Å². The van der Waals surface area contributed by atoms with Crippen LogP contribution in [0.1, 0.15) is 19.0 Å². The van der Waals surface area contributed by atoms with Gasteiger partial charge in [0.15, 0.2) is 0 Å². The van der Waals surface area contributed by atoms with Gasteiger partial charge < -0.3 is 9.47 Å². The highest BCUT2D eigenvalue weighted by atomic mass is 15.3. The second kappa shape index (κ2) is 3.59. The summed E-state index contributed by atoms with van der Waals surface area (Å²) in [5.74, 6) is 0. The minimum atomic E-state index is 0.289. The molecule has 0 saturated carbocycles. The molecule has 0 amide bonds. The van der Waals surface area contributed by atoms with Gasteiger partial charge in [-0.3, -0.25) is 0 Å². The van der Waals surface area contributed by atoms with Crippen molar-refractivity contribution in [1.82, 2.24) is 9.47 Å². The highest BCUT2D eigenvalue weighted by molar-refractivity contribution is 5.16. The van der Waals surface area contributed by atoms with Gasteiger partial charge in [-0.15, -0.1) is 0 Å². The van der Waals surface area contributed by atoms with Crippen molar-refractivity contribution in [2.45, 2.75) is 19.0 Å². The monoisotopic (exact) mass is 187 g/mol. The molecule has 1 fully saturated rings. The van der Waals surface area contributed by atoms with Crippen molar-refractivity contribution in [3.8, 4) is 6.07 Å². The van der Waals surface area contributed by atoms with E-state index >= 15 is 0 Å². The Morgan fingerprint density at radius 1 is 1.43 bits per heavy atom. The van der Waals surface area contributed by atoms with Gasteiger partial charge in [-0.2, -0.15) is 5.26 Å². The van der Waals surface area contributed by atoms with Crippen molar-refractivity contribution < 1.29 is 0 Å². The first-order valence-corrected chi connectivity index (χ1v) is 4.81. The number of nitriles is 1. The minimum Gasteiger partial charge on any atom is -0.343 e. The summed E-state index contributed by atoms with van der Waals surface area (Å²) < 4.78 is 2.13. The van der Waals surface area contributed by atoms with Gasteiger partial charge in [0.05, 0.1) is 0 Å². The summed E-state index contributed by atoms with van der Waals surface area (Å²) in [6, 6.07) is 6.13. The molecular weight excluding hydrogens is 174 g/mol. The highest BCUT2D eigenvalue weighted by Crippen LogP contribution is 2.29. The van der Waals surface area contributed by atoms with Crippen molar-refractivity contribution >= 4 is 0 Å². The SMILES string of the molecule is C=C(C#N)N1CCCC1n1cccc1. The Morgan fingerprint density at radius 3 is 2.79 bits per heavy atom. The zero-order valence-electron chi connectivity index (χ0n) is 8.06. The van der Waals surface area contributed by atoms with Gasteiger partial charge in [-0.1, -0.05) is 6.58 Å². The molecule has 2 heterocycles. The molecule has 1 aromatic rings. The Labute approximate surface area is 83.9 Å². The summed E-state index contributed by atoms with van der Waals surface area (Å²) in [6.45, 7) is 4.71. The molecule has 0 bridgehead atoms. The van der Waals surface area contributed by atoms with E-state index in [-0.39, 0.29) is 6.17 Å². The predicted molar refractivity (Wildman–Crippen MR) is 54.2 cm³/mol. The highest BCUT2D eigenvalue weighted by Gasteiger charge is 2.25. The summed E-state index contributed by atoms with van der Waals surface area (Å²) in [5.41, 5.74) is 0.571. The van der Waals surface area contributed by atoms with E-state index in [4.69, 9.17) is 5.26 Å². The van der Waals surface area contributed by atoms with Gasteiger partial charge in [0.1, 0.15) is 17.9 Å². The molecule has 72 valence electrons. The largest absolute Gasteiger partial charge is 0.343 e. The molecule has 1 saturated heterocycles. The maximum atomic E-state index is 8.81. The van der Waals surface area contributed by atoms with Gasteiger partial charge in [-0.25, -0.2) is 0 Å². The number of likely N-dealkylation sites (tertiary alicyclic amines) is 1. The molecule has 0 aliphatic carbocycles. The lowest BCUT2D eigenvalue weighted by molar-refractivity contribution is 0.257. The fraction of sp³-hybridized carbons (Fsp3) is 0.364. The Bertz CT molecular complexity index is 358. The molecule has 2 rings (SSSR count). The molecule has 0 radical (unpaired) electrons. The molecule has 1 aliphatic rings. The number of nitrogens with zero attached hydrogens (tertiary/aromatic N) is 3. The molecular formula is C11H13N3. The lowest BCUT2D eigenvalue weighted by Crippen LogP contribution is -2.25. The fourth-order valence-corrected chi connectivity index (χ4v) is 1.98. The third kappa shape index (κ3) is 1.39. The van der Waals surface area contributed by atoms with Crippen molar-refractivity contribution in [1.29, 1.82) is 5.26 Å². The van der Waals surface area contributed by atoms with Crippen LogP contribution in [-0.4, -0.2) is 16.0 Å². The van der Waals surface area contributed by atoms with Crippen molar-refractivity contribution in [2.75, 3.05) is 6.54 Å². The Morgan fingerprint density at radius 2 is 2.14 bits per heavy atom. The molecule has 0 aromatic carbocycles. The number of hydrogen-bond donors (Lipinski definition) is 0. The van der Waals surface area contributed by atoms with Crippen LogP contribution in [0, 0.1) is 11.3 Å². The van der Waals surface area contributed by atoms with Gasteiger partial charge in [0, 0.05) is 18.9 Å². The van der Waals surface area contributed by atoms with Gasteiger partial charge >= 0.3 is 0 Å². The van der Waals surface area contributed by atoms with E-state index in [0.717, 1.165) is 19.4 Å². The lowest BCUT2D eigenvalue weighted by Gasteiger charge is -2.26. The minimum absolute atomic E-state index is 0.289.